The molecule has 0 saturated carbocycles. The first-order chi connectivity index (χ1) is 18.3. The summed E-state index contributed by atoms with van der Waals surface area (Å²) in [5.74, 6) is -2.08. The van der Waals surface area contributed by atoms with Gasteiger partial charge >= 0.3 is 12.5 Å². The Bertz CT molecular complexity index is 1270. The number of ether oxygens (including phenoxy) is 2. The van der Waals surface area contributed by atoms with E-state index < -0.39 is 41.7 Å². The number of methoxy groups -OCH3 is 1. The molecule has 3 rings (SSSR count). The number of hydrogen-bond donors (Lipinski definition) is 4. The standard InChI is InChI=1S/C23H20F6N6O4/c1-38-19-10-15(39-23(27,28)29)6-7-16(19)20(36)31-8-9-35-12-18(33-34-35)21(37)32-17(11-30)13-2-4-14(5-3-13)22(24,25)26/h2-7,10,12,17,33-34H,8-9H2,1H3,(H,31,36)(H,32,37). The van der Waals surface area contributed by atoms with Crippen LogP contribution in [0.2, 0.25) is 0 Å². The number of hydrogen-bond acceptors (Lipinski definition) is 8. The van der Waals surface area contributed by atoms with E-state index in [2.05, 4.69) is 26.3 Å². The molecule has 208 valence electrons. The van der Waals surface area contributed by atoms with E-state index in [0.717, 1.165) is 42.5 Å². The Kier molecular flexibility index (Phi) is 8.76. The number of hydrazine groups is 2. The lowest BCUT2D eigenvalue weighted by molar-refractivity contribution is -0.274. The highest BCUT2D eigenvalue weighted by molar-refractivity contribution is 5.97. The first-order valence-corrected chi connectivity index (χ1v) is 10.9. The van der Waals surface area contributed by atoms with Crippen LogP contribution in [-0.4, -0.2) is 43.4 Å². The number of halogens is 6. The summed E-state index contributed by atoms with van der Waals surface area (Å²) in [7, 11) is 1.18. The van der Waals surface area contributed by atoms with Crippen molar-refractivity contribution < 1.29 is 45.4 Å². The molecule has 1 heterocycles. The van der Waals surface area contributed by atoms with Gasteiger partial charge in [0, 0.05) is 18.8 Å². The maximum atomic E-state index is 12.7. The summed E-state index contributed by atoms with van der Waals surface area (Å²) in [6.07, 6.45) is -8.13. The monoisotopic (exact) mass is 558 g/mol. The topological polar surface area (TPSA) is 128 Å². The zero-order valence-electron chi connectivity index (χ0n) is 19.9. The molecule has 0 radical (unpaired) electrons. The molecule has 0 fully saturated rings. The van der Waals surface area contributed by atoms with Gasteiger partial charge in [-0.25, -0.2) is 0 Å². The number of carbonyl (C=O) groups is 2. The van der Waals surface area contributed by atoms with Crippen LogP contribution in [0, 0.1) is 11.3 Å². The van der Waals surface area contributed by atoms with E-state index >= 15 is 0 Å². The fourth-order valence-electron chi connectivity index (χ4n) is 3.29. The molecule has 0 spiro atoms. The molecule has 39 heavy (non-hydrogen) atoms. The third-order valence-electron chi connectivity index (χ3n) is 5.13. The number of nitrogens with zero attached hydrogens (tertiary/aromatic N) is 2. The summed E-state index contributed by atoms with van der Waals surface area (Å²) in [5.41, 5.74) is 4.38. The Hall–Kier alpha value is -4.65. The van der Waals surface area contributed by atoms with Gasteiger partial charge in [0.05, 0.1) is 30.9 Å². The number of nitrogens with one attached hydrogen (secondary N) is 4. The largest absolute Gasteiger partial charge is 0.573 e. The average Bonchev–Trinajstić information content (AvgIpc) is 3.34. The minimum atomic E-state index is -4.91. The Morgan fingerprint density at radius 3 is 2.36 bits per heavy atom. The van der Waals surface area contributed by atoms with E-state index in [4.69, 9.17) is 4.74 Å². The normalized spacial score (nSPS) is 14.0. The number of amides is 2. The van der Waals surface area contributed by atoms with E-state index in [1.165, 1.54) is 18.3 Å². The molecule has 2 amide bonds. The molecular weight excluding hydrogens is 538 g/mol. The Labute approximate surface area is 217 Å². The van der Waals surface area contributed by atoms with Gasteiger partial charge in [0.2, 0.25) is 0 Å². The number of alkyl halides is 6. The van der Waals surface area contributed by atoms with Crippen LogP contribution in [0.4, 0.5) is 26.3 Å². The van der Waals surface area contributed by atoms with E-state index in [1.54, 1.807) is 6.07 Å². The predicted molar refractivity (Wildman–Crippen MR) is 121 cm³/mol. The third-order valence-corrected chi connectivity index (χ3v) is 5.13. The molecule has 1 aliphatic heterocycles. The highest BCUT2D eigenvalue weighted by Crippen LogP contribution is 2.30. The lowest BCUT2D eigenvalue weighted by Crippen LogP contribution is -2.42. The lowest BCUT2D eigenvalue weighted by atomic mass is 10.1. The number of nitriles is 1. The van der Waals surface area contributed by atoms with Gasteiger partial charge in [-0.2, -0.15) is 18.4 Å². The summed E-state index contributed by atoms with van der Waals surface area (Å²) in [4.78, 5) is 25.0. The van der Waals surface area contributed by atoms with Gasteiger partial charge in [0.25, 0.3) is 11.8 Å². The molecule has 0 bridgehead atoms. The summed E-state index contributed by atoms with van der Waals surface area (Å²) in [6.45, 7) is 0.142. The van der Waals surface area contributed by atoms with Gasteiger partial charge in [-0.3, -0.25) is 20.0 Å². The quantitative estimate of drug-likeness (QED) is 0.346. The molecule has 2 aromatic carbocycles. The van der Waals surface area contributed by atoms with Crippen LogP contribution < -0.4 is 31.1 Å². The first kappa shape index (κ1) is 28.9. The molecular formula is C23H20F6N6O4. The predicted octanol–water partition coefficient (Wildman–Crippen LogP) is 2.89. The van der Waals surface area contributed by atoms with Crippen molar-refractivity contribution in [3.63, 3.8) is 0 Å². The first-order valence-electron chi connectivity index (χ1n) is 10.9. The summed E-state index contributed by atoms with van der Waals surface area (Å²) < 4.78 is 84.2. The third kappa shape index (κ3) is 7.92. The fraction of sp³-hybridized carbons (Fsp3) is 0.261. The van der Waals surface area contributed by atoms with E-state index in [9.17, 15) is 41.2 Å². The molecule has 0 saturated heterocycles. The van der Waals surface area contributed by atoms with E-state index in [0.29, 0.717) is 0 Å². The molecule has 0 aromatic heterocycles. The fourth-order valence-corrected chi connectivity index (χ4v) is 3.29. The van der Waals surface area contributed by atoms with Gasteiger partial charge in [0.15, 0.2) is 0 Å². The zero-order chi connectivity index (χ0) is 28.8. The molecule has 1 unspecified atom stereocenters. The van der Waals surface area contributed by atoms with Gasteiger partial charge in [-0.15, -0.1) is 18.7 Å². The average molecular weight is 558 g/mol. The molecule has 1 atom stereocenters. The number of rotatable bonds is 9. The van der Waals surface area contributed by atoms with Crippen molar-refractivity contribution in [3.05, 3.63) is 71.1 Å². The summed E-state index contributed by atoms with van der Waals surface area (Å²) in [6, 6.07) is 7.35. The van der Waals surface area contributed by atoms with Gasteiger partial charge in [-0.05, 0) is 29.8 Å². The van der Waals surface area contributed by atoms with Crippen molar-refractivity contribution in [2.45, 2.75) is 18.6 Å². The smallest absolute Gasteiger partial charge is 0.496 e. The molecule has 4 N–H and O–H groups in total. The SMILES string of the molecule is COc1cc(OC(F)(F)F)ccc1C(=O)NCCN1C=C(C(=O)NC(C#N)c2ccc(C(F)(F)F)cc2)NN1. The van der Waals surface area contributed by atoms with Gasteiger partial charge in [-0.1, -0.05) is 12.1 Å². The van der Waals surface area contributed by atoms with E-state index in [-0.39, 0.29) is 35.7 Å². The minimum Gasteiger partial charge on any atom is -0.496 e. The van der Waals surface area contributed by atoms with Crippen molar-refractivity contribution in [1.82, 2.24) is 26.6 Å². The highest BCUT2D eigenvalue weighted by atomic mass is 19.4. The zero-order valence-corrected chi connectivity index (χ0v) is 19.9. The molecule has 10 nitrogen and oxygen atoms in total. The summed E-state index contributed by atoms with van der Waals surface area (Å²) >= 11 is 0. The molecule has 0 aliphatic carbocycles. The van der Waals surface area contributed by atoms with Crippen molar-refractivity contribution in [3.8, 4) is 17.6 Å². The van der Waals surface area contributed by atoms with Crippen molar-refractivity contribution >= 4 is 11.8 Å². The number of carbonyl (C=O) groups excluding carboxylic acids is 2. The van der Waals surface area contributed by atoms with Crippen LogP contribution in [0.3, 0.4) is 0 Å². The Morgan fingerprint density at radius 2 is 1.77 bits per heavy atom. The summed E-state index contributed by atoms with van der Waals surface area (Å²) in [5, 5.41) is 15.7. The van der Waals surface area contributed by atoms with E-state index in [1.807, 2.05) is 0 Å². The maximum Gasteiger partial charge on any atom is 0.573 e. The minimum absolute atomic E-state index is 0.0181. The number of benzene rings is 2. The highest BCUT2D eigenvalue weighted by Gasteiger charge is 2.32. The van der Waals surface area contributed by atoms with Crippen LogP contribution in [0.15, 0.2) is 54.4 Å². The Balaban J connectivity index is 1.53. The second kappa shape index (κ2) is 11.8. The van der Waals surface area contributed by atoms with Crippen LogP contribution in [0.1, 0.15) is 27.5 Å². The Morgan fingerprint density at radius 1 is 1.08 bits per heavy atom. The maximum absolute atomic E-state index is 12.7. The van der Waals surface area contributed by atoms with Gasteiger partial charge in [0.1, 0.15) is 23.2 Å². The van der Waals surface area contributed by atoms with Crippen LogP contribution in [-0.2, 0) is 11.0 Å². The van der Waals surface area contributed by atoms with Crippen LogP contribution in [0.25, 0.3) is 0 Å². The van der Waals surface area contributed by atoms with Crippen LogP contribution in [0.5, 0.6) is 11.5 Å². The lowest BCUT2D eigenvalue weighted by Gasteiger charge is -2.16. The molecule has 16 heteroatoms. The second-order valence-corrected chi connectivity index (χ2v) is 7.79. The van der Waals surface area contributed by atoms with Crippen LogP contribution >= 0.6 is 0 Å². The van der Waals surface area contributed by atoms with Crippen molar-refractivity contribution in [1.29, 1.82) is 5.26 Å². The van der Waals surface area contributed by atoms with Crippen molar-refractivity contribution in [2.75, 3.05) is 20.2 Å². The second-order valence-electron chi connectivity index (χ2n) is 7.79. The molecule has 2 aromatic rings. The van der Waals surface area contributed by atoms with Crippen molar-refractivity contribution in [2.24, 2.45) is 0 Å². The van der Waals surface area contributed by atoms with Gasteiger partial charge < -0.3 is 20.1 Å². The molecule has 1 aliphatic rings.